The number of methoxy groups -OCH3 is 1. The molecule has 0 fully saturated rings. The van der Waals surface area contributed by atoms with Crippen LogP contribution >= 0.6 is 0 Å². The van der Waals surface area contributed by atoms with Crippen molar-refractivity contribution in [3.63, 3.8) is 0 Å². The molecule has 106 valence electrons. The molecule has 2 N–H and O–H groups in total. The number of rotatable bonds is 5. The lowest BCUT2D eigenvalue weighted by Crippen LogP contribution is -2.17. The lowest BCUT2D eigenvalue weighted by Gasteiger charge is -2.11. The van der Waals surface area contributed by atoms with E-state index in [0.29, 0.717) is 11.6 Å². The van der Waals surface area contributed by atoms with Crippen molar-refractivity contribution >= 4 is 0 Å². The Bertz CT molecular complexity index is 582. The van der Waals surface area contributed by atoms with Gasteiger partial charge in [0.25, 0.3) is 0 Å². The normalized spacial score (nSPS) is 12.0. The lowest BCUT2D eigenvalue weighted by molar-refractivity contribution is 0.407. The molecule has 2 rings (SSSR count). The second-order valence-electron chi connectivity index (χ2n) is 4.93. The van der Waals surface area contributed by atoms with Gasteiger partial charge in [0.05, 0.1) is 7.11 Å². The van der Waals surface area contributed by atoms with E-state index in [0.717, 1.165) is 23.3 Å². The van der Waals surface area contributed by atoms with Crippen LogP contribution in [0.5, 0.6) is 17.4 Å². The minimum absolute atomic E-state index is 0.126. The molecule has 4 nitrogen and oxygen atoms in total. The highest BCUT2D eigenvalue weighted by Crippen LogP contribution is 2.26. The average Bonchev–Trinajstić information content (AvgIpc) is 2.41. The third-order valence-electron chi connectivity index (χ3n) is 2.90. The molecule has 0 saturated heterocycles. The molecule has 0 aliphatic carbocycles. The summed E-state index contributed by atoms with van der Waals surface area (Å²) >= 11 is 0. The number of nitrogens with zero attached hydrogens (tertiary/aromatic N) is 1. The Labute approximate surface area is 119 Å². The second kappa shape index (κ2) is 6.39. The first-order valence-electron chi connectivity index (χ1n) is 6.61. The highest BCUT2D eigenvalue weighted by molar-refractivity contribution is 5.37. The number of pyridine rings is 1. The summed E-state index contributed by atoms with van der Waals surface area (Å²) in [4.78, 5) is 4.36. The van der Waals surface area contributed by atoms with E-state index in [1.54, 1.807) is 7.11 Å². The van der Waals surface area contributed by atoms with E-state index in [1.165, 1.54) is 0 Å². The zero-order chi connectivity index (χ0) is 14.5. The summed E-state index contributed by atoms with van der Waals surface area (Å²) in [6, 6.07) is 9.65. The number of ether oxygens (including phenoxy) is 2. The summed E-state index contributed by atoms with van der Waals surface area (Å²) in [7, 11) is 1.63. The van der Waals surface area contributed by atoms with Gasteiger partial charge in [-0.05, 0) is 44.0 Å². The predicted octanol–water partition coefficient (Wildman–Crippen LogP) is 3.08. The molecule has 0 spiro atoms. The van der Waals surface area contributed by atoms with Crippen LogP contribution in [-0.2, 0) is 6.42 Å². The van der Waals surface area contributed by atoms with Crippen LogP contribution in [0.3, 0.4) is 0 Å². The largest absolute Gasteiger partial charge is 0.497 e. The molecule has 4 heteroatoms. The molecule has 0 bridgehead atoms. The molecule has 2 aromatic rings. The molecule has 1 unspecified atom stereocenters. The third kappa shape index (κ3) is 3.71. The smallest absolute Gasteiger partial charge is 0.222 e. The fourth-order valence-electron chi connectivity index (χ4n) is 1.99. The maximum absolute atomic E-state index is 5.80. The van der Waals surface area contributed by atoms with Crippen LogP contribution < -0.4 is 15.2 Å². The Morgan fingerprint density at radius 3 is 2.65 bits per heavy atom. The maximum atomic E-state index is 5.80. The van der Waals surface area contributed by atoms with Gasteiger partial charge in [-0.1, -0.05) is 6.07 Å². The zero-order valence-corrected chi connectivity index (χ0v) is 12.1. The molecule has 0 amide bonds. The minimum atomic E-state index is 0.126. The molecule has 0 radical (unpaired) electrons. The van der Waals surface area contributed by atoms with Crippen molar-refractivity contribution in [3.8, 4) is 17.4 Å². The molecule has 20 heavy (non-hydrogen) atoms. The van der Waals surface area contributed by atoms with Crippen LogP contribution in [0, 0.1) is 6.92 Å². The topological polar surface area (TPSA) is 57.4 Å². The van der Waals surface area contributed by atoms with Crippen LogP contribution in [0.25, 0.3) is 0 Å². The number of benzene rings is 1. The maximum Gasteiger partial charge on any atom is 0.222 e. The Morgan fingerprint density at radius 2 is 2.00 bits per heavy atom. The van der Waals surface area contributed by atoms with E-state index in [2.05, 4.69) is 11.1 Å². The molecule has 1 atom stereocenters. The van der Waals surface area contributed by atoms with Crippen molar-refractivity contribution < 1.29 is 9.47 Å². The number of aromatic nitrogens is 1. The van der Waals surface area contributed by atoms with Crippen LogP contribution in [0.15, 0.2) is 36.5 Å². The van der Waals surface area contributed by atoms with Gasteiger partial charge in [-0.15, -0.1) is 0 Å². The van der Waals surface area contributed by atoms with Crippen molar-refractivity contribution in [1.29, 1.82) is 0 Å². The van der Waals surface area contributed by atoms with E-state index in [1.807, 2.05) is 44.3 Å². The fraction of sp³-hybridized carbons (Fsp3) is 0.312. The van der Waals surface area contributed by atoms with Gasteiger partial charge in [-0.2, -0.15) is 0 Å². The summed E-state index contributed by atoms with van der Waals surface area (Å²) in [6.45, 7) is 3.96. The van der Waals surface area contributed by atoms with Crippen molar-refractivity contribution in [2.75, 3.05) is 7.11 Å². The van der Waals surface area contributed by atoms with Gasteiger partial charge in [0, 0.05) is 23.9 Å². The van der Waals surface area contributed by atoms with Crippen molar-refractivity contribution in [2.24, 2.45) is 5.73 Å². The number of hydrogen-bond donors (Lipinski definition) is 1. The third-order valence-corrected chi connectivity index (χ3v) is 2.90. The summed E-state index contributed by atoms with van der Waals surface area (Å²) in [5.74, 6) is 2.07. The average molecular weight is 272 g/mol. The molecule has 0 aliphatic rings. The van der Waals surface area contributed by atoms with Crippen LogP contribution in [0.4, 0.5) is 0 Å². The fourth-order valence-corrected chi connectivity index (χ4v) is 1.99. The SMILES string of the molecule is COc1cccc(Oc2ncc(CC(C)N)cc2C)c1. The van der Waals surface area contributed by atoms with Gasteiger partial charge in [0.2, 0.25) is 5.88 Å². The quantitative estimate of drug-likeness (QED) is 0.908. The Balaban J connectivity index is 2.16. The zero-order valence-electron chi connectivity index (χ0n) is 12.1. The summed E-state index contributed by atoms with van der Waals surface area (Å²) in [6.07, 6.45) is 2.62. The molecular formula is C16H20N2O2. The lowest BCUT2D eigenvalue weighted by atomic mass is 10.1. The van der Waals surface area contributed by atoms with E-state index < -0.39 is 0 Å². The van der Waals surface area contributed by atoms with Gasteiger partial charge < -0.3 is 15.2 Å². The first-order valence-corrected chi connectivity index (χ1v) is 6.61. The molecule has 0 saturated carbocycles. The van der Waals surface area contributed by atoms with Crippen molar-refractivity contribution in [1.82, 2.24) is 4.98 Å². The van der Waals surface area contributed by atoms with Crippen LogP contribution in [0.2, 0.25) is 0 Å². The van der Waals surface area contributed by atoms with Crippen molar-refractivity contribution in [3.05, 3.63) is 47.7 Å². The van der Waals surface area contributed by atoms with Crippen molar-refractivity contribution in [2.45, 2.75) is 26.3 Å². The predicted molar refractivity (Wildman–Crippen MR) is 79.4 cm³/mol. The highest BCUT2D eigenvalue weighted by atomic mass is 16.5. The molecule has 1 aromatic carbocycles. The number of hydrogen-bond acceptors (Lipinski definition) is 4. The van der Waals surface area contributed by atoms with Gasteiger partial charge in [0.15, 0.2) is 0 Å². The van der Waals surface area contributed by atoms with Gasteiger partial charge in [-0.3, -0.25) is 0 Å². The Kier molecular flexibility index (Phi) is 4.58. The van der Waals surface area contributed by atoms with E-state index in [9.17, 15) is 0 Å². The van der Waals surface area contributed by atoms with E-state index >= 15 is 0 Å². The number of aryl methyl sites for hydroxylation is 1. The summed E-state index contributed by atoms with van der Waals surface area (Å²) in [5.41, 5.74) is 7.91. The first kappa shape index (κ1) is 14.3. The number of nitrogens with two attached hydrogens (primary N) is 1. The second-order valence-corrected chi connectivity index (χ2v) is 4.93. The van der Waals surface area contributed by atoms with Gasteiger partial charge in [0.1, 0.15) is 11.5 Å². The van der Waals surface area contributed by atoms with E-state index in [4.69, 9.17) is 15.2 Å². The minimum Gasteiger partial charge on any atom is -0.497 e. The molecule has 1 aromatic heterocycles. The molecule has 0 aliphatic heterocycles. The first-order chi connectivity index (χ1) is 9.58. The Morgan fingerprint density at radius 1 is 1.25 bits per heavy atom. The molecule has 1 heterocycles. The monoisotopic (exact) mass is 272 g/mol. The summed E-state index contributed by atoms with van der Waals surface area (Å²) < 4.78 is 11.0. The highest BCUT2D eigenvalue weighted by Gasteiger charge is 2.06. The van der Waals surface area contributed by atoms with Crippen LogP contribution in [0.1, 0.15) is 18.1 Å². The standard InChI is InChI=1S/C16H20N2O2/c1-11-7-13(8-12(2)17)10-18-16(11)20-15-6-4-5-14(9-15)19-3/h4-7,9-10,12H,8,17H2,1-3H3. The Hall–Kier alpha value is -2.07. The molecular weight excluding hydrogens is 252 g/mol. The van der Waals surface area contributed by atoms with Crippen LogP contribution in [-0.4, -0.2) is 18.1 Å². The van der Waals surface area contributed by atoms with Gasteiger partial charge in [-0.25, -0.2) is 4.98 Å². The van der Waals surface area contributed by atoms with E-state index in [-0.39, 0.29) is 6.04 Å². The summed E-state index contributed by atoms with van der Waals surface area (Å²) in [5, 5.41) is 0. The van der Waals surface area contributed by atoms with Gasteiger partial charge >= 0.3 is 0 Å².